The number of hydrogen-bond acceptors (Lipinski definition) is 8. The van der Waals surface area contributed by atoms with Crippen LogP contribution in [0.2, 0.25) is 0 Å². The van der Waals surface area contributed by atoms with Crippen LogP contribution in [0.25, 0.3) is 0 Å². The monoisotopic (exact) mass is 512 g/mol. The summed E-state index contributed by atoms with van der Waals surface area (Å²) >= 11 is 0. The maximum Gasteiger partial charge on any atom is 0.305 e. The first-order valence-corrected chi connectivity index (χ1v) is 13.1. The van der Waals surface area contributed by atoms with Gasteiger partial charge in [-0.05, 0) is 75.3 Å². The number of rotatable bonds is 11. The number of ether oxygens (including phenoxy) is 5. The Morgan fingerprint density at radius 3 is 2.43 bits per heavy atom. The first-order chi connectivity index (χ1) is 17.9. The van der Waals surface area contributed by atoms with Gasteiger partial charge >= 0.3 is 11.9 Å². The van der Waals surface area contributed by atoms with Gasteiger partial charge in [-0.25, -0.2) is 0 Å². The van der Waals surface area contributed by atoms with Gasteiger partial charge in [0.15, 0.2) is 5.78 Å². The van der Waals surface area contributed by atoms with Crippen LogP contribution in [0.3, 0.4) is 0 Å². The van der Waals surface area contributed by atoms with E-state index in [-0.39, 0.29) is 47.8 Å². The molecule has 8 heteroatoms. The fourth-order valence-corrected chi connectivity index (χ4v) is 6.11. The number of allylic oxidation sites excluding steroid dienone is 2. The van der Waals surface area contributed by atoms with Gasteiger partial charge in [0.1, 0.15) is 11.5 Å². The molecular formula is C29H36O8. The van der Waals surface area contributed by atoms with Crippen LogP contribution in [0.15, 0.2) is 42.0 Å². The van der Waals surface area contributed by atoms with Gasteiger partial charge in [-0.3, -0.25) is 14.4 Å². The largest absolute Gasteiger partial charge is 0.497 e. The third-order valence-corrected chi connectivity index (χ3v) is 7.66. The minimum atomic E-state index is -1.13. The van der Waals surface area contributed by atoms with E-state index >= 15 is 0 Å². The first-order valence-electron chi connectivity index (χ1n) is 13.1. The van der Waals surface area contributed by atoms with E-state index in [9.17, 15) is 14.4 Å². The normalized spacial score (nSPS) is 27.4. The number of carbonyl (C=O) groups is 3. The predicted molar refractivity (Wildman–Crippen MR) is 135 cm³/mol. The molecule has 5 atom stereocenters. The standard InChI is InChI=1S/C29H36O8/c1-5-35-25(31)9-7-8-18-16-21-23(30)14-15-29(34-4)28(21)27(20(18)11-13-26(32)36-6-2)22-17-19(33-3)10-12-24(22)37-29/h10,12,14-18,20,27-28H,5-9,11,13H2,1-4H3/t18-,20+,27+,28+,29+/m0/s1. The van der Waals surface area contributed by atoms with Gasteiger partial charge in [0.2, 0.25) is 5.79 Å². The Balaban J connectivity index is 1.78. The van der Waals surface area contributed by atoms with Gasteiger partial charge in [0, 0.05) is 37.0 Å². The van der Waals surface area contributed by atoms with Crippen molar-refractivity contribution in [1.29, 1.82) is 0 Å². The van der Waals surface area contributed by atoms with Crippen LogP contribution < -0.4 is 9.47 Å². The SMILES string of the molecule is CCOC(=O)CCC[C@H]1C=C2C(=O)C=C[C@@]3(OC)Oc4ccc(OC)cc4[C@@H]([C@@H]1CCC(=O)OCC)[C@@H]23. The number of fused-ring (bicyclic) bond motifs is 2. The summed E-state index contributed by atoms with van der Waals surface area (Å²) in [6.45, 7) is 4.25. The van der Waals surface area contributed by atoms with Crippen molar-refractivity contribution < 1.29 is 38.1 Å². The van der Waals surface area contributed by atoms with Crippen LogP contribution >= 0.6 is 0 Å². The van der Waals surface area contributed by atoms with Crippen molar-refractivity contribution in [3.8, 4) is 11.5 Å². The zero-order valence-electron chi connectivity index (χ0n) is 22.0. The summed E-state index contributed by atoms with van der Waals surface area (Å²) in [6.07, 6.45) is 7.65. The molecule has 0 amide bonds. The highest BCUT2D eigenvalue weighted by molar-refractivity contribution is 6.06. The molecule has 0 N–H and O–H groups in total. The summed E-state index contributed by atoms with van der Waals surface area (Å²) in [5.74, 6) is -0.967. The van der Waals surface area contributed by atoms with Crippen LogP contribution in [-0.4, -0.2) is 50.9 Å². The topological polar surface area (TPSA) is 97.4 Å². The maximum atomic E-state index is 13.2. The molecule has 0 saturated carbocycles. The van der Waals surface area contributed by atoms with E-state index in [2.05, 4.69) is 0 Å². The lowest BCUT2D eigenvalue weighted by Crippen LogP contribution is -2.56. The van der Waals surface area contributed by atoms with E-state index < -0.39 is 5.79 Å². The molecule has 0 saturated heterocycles. The Morgan fingerprint density at radius 1 is 1.03 bits per heavy atom. The van der Waals surface area contributed by atoms with E-state index in [1.54, 1.807) is 34.1 Å². The Hall–Kier alpha value is -3.13. The van der Waals surface area contributed by atoms with Gasteiger partial charge in [0.25, 0.3) is 0 Å². The van der Waals surface area contributed by atoms with Crippen molar-refractivity contribution in [2.45, 2.75) is 57.7 Å². The van der Waals surface area contributed by atoms with Crippen LogP contribution in [0.1, 0.15) is 57.4 Å². The number of hydrogen-bond donors (Lipinski definition) is 0. The molecule has 200 valence electrons. The molecule has 1 aromatic carbocycles. The number of esters is 2. The molecule has 1 heterocycles. The van der Waals surface area contributed by atoms with E-state index in [1.807, 2.05) is 24.3 Å². The first kappa shape index (κ1) is 26.9. The van der Waals surface area contributed by atoms with Gasteiger partial charge < -0.3 is 23.7 Å². The smallest absolute Gasteiger partial charge is 0.305 e. The molecule has 1 aromatic rings. The molecule has 1 aliphatic heterocycles. The minimum absolute atomic E-state index is 0.0241. The molecule has 0 unspecified atom stereocenters. The Labute approximate surface area is 217 Å². The van der Waals surface area contributed by atoms with Crippen molar-refractivity contribution >= 4 is 17.7 Å². The quantitative estimate of drug-likeness (QED) is 0.399. The van der Waals surface area contributed by atoms with E-state index in [1.165, 1.54) is 6.08 Å². The van der Waals surface area contributed by atoms with Gasteiger partial charge in [-0.2, -0.15) is 0 Å². The lowest BCUT2D eigenvalue weighted by atomic mass is 9.57. The minimum Gasteiger partial charge on any atom is -0.497 e. The molecule has 0 spiro atoms. The third kappa shape index (κ3) is 5.30. The Morgan fingerprint density at radius 2 is 1.76 bits per heavy atom. The highest BCUT2D eigenvalue weighted by Gasteiger charge is 2.58. The number of benzene rings is 1. The molecule has 37 heavy (non-hydrogen) atoms. The second-order valence-corrected chi connectivity index (χ2v) is 9.62. The fraction of sp³-hybridized carbons (Fsp3) is 0.552. The molecule has 4 rings (SSSR count). The highest BCUT2D eigenvalue weighted by Crippen LogP contribution is 2.59. The molecule has 8 nitrogen and oxygen atoms in total. The lowest BCUT2D eigenvalue weighted by Gasteiger charge is -2.53. The summed E-state index contributed by atoms with van der Waals surface area (Å²) in [4.78, 5) is 37.6. The van der Waals surface area contributed by atoms with Crippen LogP contribution in [0, 0.1) is 17.8 Å². The highest BCUT2D eigenvalue weighted by atomic mass is 16.7. The van der Waals surface area contributed by atoms with Crippen molar-refractivity contribution in [2.75, 3.05) is 27.4 Å². The van der Waals surface area contributed by atoms with Gasteiger partial charge in [-0.15, -0.1) is 0 Å². The van der Waals surface area contributed by atoms with E-state index in [0.717, 1.165) is 5.56 Å². The molecular weight excluding hydrogens is 476 g/mol. The van der Waals surface area contributed by atoms with E-state index in [4.69, 9.17) is 23.7 Å². The van der Waals surface area contributed by atoms with Crippen LogP contribution in [0.5, 0.6) is 11.5 Å². The zero-order valence-corrected chi connectivity index (χ0v) is 22.0. The van der Waals surface area contributed by atoms with Crippen molar-refractivity contribution in [1.82, 2.24) is 0 Å². The summed E-state index contributed by atoms with van der Waals surface area (Å²) in [7, 11) is 3.20. The third-order valence-electron chi connectivity index (χ3n) is 7.66. The number of ketones is 1. The summed E-state index contributed by atoms with van der Waals surface area (Å²) in [5, 5.41) is 0. The fourth-order valence-electron chi connectivity index (χ4n) is 6.11. The summed E-state index contributed by atoms with van der Waals surface area (Å²) in [5.41, 5.74) is 1.58. The average Bonchev–Trinajstić information content (AvgIpc) is 2.90. The molecule has 3 aliphatic rings. The van der Waals surface area contributed by atoms with Crippen molar-refractivity contribution in [3.63, 3.8) is 0 Å². The van der Waals surface area contributed by atoms with Crippen LogP contribution in [-0.2, 0) is 28.6 Å². The second kappa shape index (κ2) is 11.5. The lowest BCUT2D eigenvalue weighted by molar-refractivity contribution is -0.180. The molecule has 0 aromatic heterocycles. The summed E-state index contributed by atoms with van der Waals surface area (Å²) in [6, 6.07) is 5.66. The Bertz CT molecular complexity index is 1090. The average molecular weight is 513 g/mol. The molecule has 0 bridgehead atoms. The summed E-state index contributed by atoms with van der Waals surface area (Å²) < 4.78 is 28.3. The predicted octanol–water partition coefficient (Wildman–Crippen LogP) is 4.52. The van der Waals surface area contributed by atoms with Crippen molar-refractivity contribution in [2.24, 2.45) is 17.8 Å². The van der Waals surface area contributed by atoms with Gasteiger partial charge in [-0.1, -0.05) is 6.08 Å². The van der Waals surface area contributed by atoms with E-state index in [0.29, 0.717) is 56.0 Å². The molecule has 0 radical (unpaired) electrons. The number of methoxy groups -OCH3 is 2. The number of carbonyl (C=O) groups excluding carboxylic acids is 3. The Kier molecular flexibility index (Phi) is 8.37. The second-order valence-electron chi connectivity index (χ2n) is 9.62. The van der Waals surface area contributed by atoms with Crippen molar-refractivity contribution in [3.05, 3.63) is 47.6 Å². The van der Waals surface area contributed by atoms with Gasteiger partial charge in [0.05, 0.1) is 26.2 Å². The molecule has 0 fully saturated rings. The molecule has 2 aliphatic carbocycles. The maximum absolute atomic E-state index is 13.2. The zero-order chi connectivity index (χ0) is 26.6. The van der Waals surface area contributed by atoms with Crippen LogP contribution in [0.4, 0.5) is 0 Å².